The summed E-state index contributed by atoms with van der Waals surface area (Å²) in [5.74, 6) is 0.695. The zero-order valence-electron chi connectivity index (χ0n) is 10.9. The molecule has 1 atom stereocenters. The molecule has 0 unspecified atom stereocenters. The monoisotopic (exact) mass is 253 g/mol. The van der Waals surface area contributed by atoms with E-state index in [1.54, 1.807) is 25.3 Å². The van der Waals surface area contributed by atoms with Gasteiger partial charge in [-0.15, -0.1) is 0 Å². The van der Waals surface area contributed by atoms with Crippen LogP contribution in [0, 0.1) is 11.3 Å². The summed E-state index contributed by atoms with van der Waals surface area (Å²) in [6.45, 7) is 1.71. The van der Waals surface area contributed by atoms with Gasteiger partial charge in [-0.05, 0) is 36.8 Å². The first-order chi connectivity index (χ1) is 9.13. The maximum atomic E-state index is 9.60. The third-order valence-electron chi connectivity index (χ3n) is 2.98. The maximum absolute atomic E-state index is 9.60. The van der Waals surface area contributed by atoms with Crippen LogP contribution in [0.15, 0.2) is 42.6 Å². The summed E-state index contributed by atoms with van der Waals surface area (Å²) in [7, 11) is 1.85. The highest BCUT2D eigenvalue weighted by Crippen LogP contribution is 2.26. The molecule has 0 spiro atoms. The molecule has 0 bridgehead atoms. The lowest BCUT2D eigenvalue weighted by Gasteiger charge is -2.20. The smallest absolute Gasteiger partial charge is 0.133 e. The second-order valence-electron chi connectivity index (χ2n) is 4.31. The lowest BCUT2D eigenvalue weighted by molar-refractivity contribution is 0.199. The molecular weight excluding hydrogens is 238 g/mol. The summed E-state index contributed by atoms with van der Waals surface area (Å²) in [6, 6.07) is 13.1. The fourth-order valence-corrected chi connectivity index (χ4v) is 1.86. The molecule has 1 heterocycles. The molecule has 96 valence electrons. The number of hydrogen-bond donors (Lipinski definition) is 1. The molecule has 0 fully saturated rings. The first-order valence-corrected chi connectivity index (χ1v) is 6.00. The van der Waals surface area contributed by atoms with Crippen LogP contribution in [0.3, 0.4) is 0 Å². The van der Waals surface area contributed by atoms with Gasteiger partial charge in [-0.2, -0.15) is 5.26 Å². The summed E-state index contributed by atoms with van der Waals surface area (Å²) >= 11 is 0. The van der Waals surface area contributed by atoms with Crippen molar-refractivity contribution in [2.45, 2.75) is 13.0 Å². The number of nitriles is 1. The van der Waals surface area contributed by atoms with Crippen LogP contribution >= 0.6 is 0 Å². The standard InChI is InChI=1S/C15H15N3O/c1-11(19)12-7-8-17-15(9-12)18(2)14-6-4-3-5-13(14)10-16/h3-9,11,19H,1-2H3/t11-/m1/s1. The van der Waals surface area contributed by atoms with Crippen LogP contribution in [-0.4, -0.2) is 17.1 Å². The van der Waals surface area contributed by atoms with E-state index < -0.39 is 6.10 Å². The number of aliphatic hydroxyl groups excluding tert-OH is 1. The van der Waals surface area contributed by atoms with E-state index in [1.165, 1.54) is 0 Å². The van der Waals surface area contributed by atoms with Crippen LogP contribution in [0.2, 0.25) is 0 Å². The second kappa shape index (κ2) is 5.51. The predicted octanol–water partition coefficient (Wildman–Crippen LogP) is 2.77. The van der Waals surface area contributed by atoms with Gasteiger partial charge >= 0.3 is 0 Å². The molecule has 1 aromatic carbocycles. The van der Waals surface area contributed by atoms with Crippen LogP contribution in [-0.2, 0) is 0 Å². The summed E-state index contributed by atoms with van der Waals surface area (Å²) < 4.78 is 0. The molecule has 4 heteroatoms. The van der Waals surface area contributed by atoms with Crippen molar-refractivity contribution in [1.29, 1.82) is 5.26 Å². The van der Waals surface area contributed by atoms with Gasteiger partial charge in [-0.3, -0.25) is 0 Å². The topological polar surface area (TPSA) is 60.2 Å². The Morgan fingerprint density at radius 1 is 1.32 bits per heavy atom. The van der Waals surface area contributed by atoms with Crippen molar-refractivity contribution < 1.29 is 5.11 Å². The van der Waals surface area contributed by atoms with Gasteiger partial charge in [0.25, 0.3) is 0 Å². The summed E-state index contributed by atoms with van der Waals surface area (Å²) in [6.07, 6.45) is 1.12. The fraction of sp³-hybridized carbons (Fsp3) is 0.200. The van der Waals surface area contributed by atoms with Gasteiger partial charge in [-0.1, -0.05) is 12.1 Å². The number of nitrogens with zero attached hydrogens (tertiary/aromatic N) is 3. The third kappa shape index (κ3) is 2.72. The molecule has 0 radical (unpaired) electrons. The van der Waals surface area contributed by atoms with Gasteiger partial charge < -0.3 is 10.0 Å². The quantitative estimate of drug-likeness (QED) is 0.913. The Morgan fingerprint density at radius 3 is 2.74 bits per heavy atom. The van der Waals surface area contributed by atoms with Crippen molar-refractivity contribution in [2.75, 3.05) is 11.9 Å². The van der Waals surface area contributed by atoms with Crippen LogP contribution in [0.4, 0.5) is 11.5 Å². The van der Waals surface area contributed by atoms with Gasteiger partial charge in [0, 0.05) is 13.2 Å². The van der Waals surface area contributed by atoms with Crippen LogP contribution in [0.1, 0.15) is 24.2 Å². The minimum atomic E-state index is -0.540. The Morgan fingerprint density at radius 2 is 2.05 bits per heavy atom. The second-order valence-corrected chi connectivity index (χ2v) is 4.31. The number of rotatable bonds is 3. The van der Waals surface area contributed by atoms with E-state index in [9.17, 15) is 5.11 Å². The normalized spacial score (nSPS) is 11.7. The lowest BCUT2D eigenvalue weighted by Crippen LogP contribution is -2.13. The third-order valence-corrected chi connectivity index (χ3v) is 2.98. The highest BCUT2D eigenvalue weighted by Gasteiger charge is 2.11. The van der Waals surface area contributed by atoms with Crippen LogP contribution in [0.25, 0.3) is 0 Å². The average Bonchev–Trinajstić information content (AvgIpc) is 2.46. The van der Waals surface area contributed by atoms with Gasteiger partial charge in [0.1, 0.15) is 11.9 Å². The Hall–Kier alpha value is -2.38. The molecule has 0 aliphatic rings. The number of aromatic nitrogens is 1. The van der Waals surface area contributed by atoms with Gasteiger partial charge in [0.15, 0.2) is 0 Å². The van der Waals surface area contributed by atoms with E-state index >= 15 is 0 Å². The zero-order chi connectivity index (χ0) is 13.8. The first kappa shape index (κ1) is 13.1. The van der Waals surface area contributed by atoms with Crippen molar-refractivity contribution in [3.05, 3.63) is 53.7 Å². The minimum Gasteiger partial charge on any atom is -0.389 e. The van der Waals surface area contributed by atoms with Crippen molar-refractivity contribution in [2.24, 2.45) is 0 Å². The van der Waals surface area contributed by atoms with E-state index in [0.717, 1.165) is 11.3 Å². The van der Waals surface area contributed by atoms with E-state index in [0.29, 0.717) is 11.4 Å². The molecular formula is C15H15N3O. The lowest BCUT2D eigenvalue weighted by atomic mass is 10.1. The van der Waals surface area contributed by atoms with E-state index in [4.69, 9.17) is 5.26 Å². The van der Waals surface area contributed by atoms with Crippen molar-refractivity contribution in [1.82, 2.24) is 4.98 Å². The molecule has 2 aromatic rings. The summed E-state index contributed by atoms with van der Waals surface area (Å²) in [5.41, 5.74) is 2.18. The number of pyridine rings is 1. The zero-order valence-corrected chi connectivity index (χ0v) is 10.9. The minimum absolute atomic E-state index is 0.540. The molecule has 1 N–H and O–H groups in total. The molecule has 1 aromatic heterocycles. The number of aliphatic hydroxyl groups is 1. The predicted molar refractivity (Wildman–Crippen MR) is 74.1 cm³/mol. The molecule has 0 aliphatic carbocycles. The summed E-state index contributed by atoms with van der Waals surface area (Å²) in [5, 5.41) is 18.7. The highest BCUT2D eigenvalue weighted by atomic mass is 16.3. The number of benzene rings is 1. The van der Waals surface area contributed by atoms with E-state index in [-0.39, 0.29) is 0 Å². The van der Waals surface area contributed by atoms with E-state index in [2.05, 4.69) is 11.1 Å². The molecule has 0 saturated carbocycles. The largest absolute Gasteiger partial charge is 0.389 e. The average molecular weight is 253 g/mol. The van der Waals surface area contributed by atoms with Crippen LogP contribution in [0.5, 0.6) is 0 Å². The molecule has 0 saturated heterocycles. The van der Waals surface area contributed by atoms with Gasteiger partial charge in [0.2, 0.25) is 0 Å². The molecule has 4 nitrogen and oxygen atoms in total. The van der Waals surface area contributed by atoms with Gasteiger partial charge in [-0.25, -0.2) is 4.98 Å². The Labute approximate surface area is 112 Å². The maximum Gasteiger partial charge on any atom is 0.133 e. The molecule has 19 heavy (non-hydrogen) atoms. The Bertz CT molecular complexity index is 617. The molecule has 2 rings (SSSR count). The number of para-hydroxylation sites is 1. The highest BCUT2D eigenvalue weighted by molar-refractivity contribution is 5.66. The van der Waals surface area contributed by atoms with Crippen molar-refractivity contribution in [3.63, 3.8) is 0 Å². The number of anilines is 2. The summed E-state index contributed by atoms with van der Waals surface area (Å²) in [4.78, 5) is 6.12. The fourth-order valence-electron chi connectivity index (χ4n) is 1.86. The first-order valence-electron chi connectivity index (χ1n) is 6.00. The SMILES string of the molecule is C[C@@H](O)c1ccnc(N(C)c2ccccc2C#N)c1. The van der Waals surface area contributed by atoms with E-state index in [1.807, 2.05) is 36.2 Å². The van der Waals surface area contributed by atoms with Crippen molar-refractivity contribution in [3.8, 4) is 6.07 Å². The van der Waals surface area contributed by atoms with Gasteiger partial charge in [0.05, 0.1) is 17.4 Å². The Balaban J connectivity index is 2.42. The molecule has 0 aliphatic heterocycles. The van der Waals surface area contributed by atoms with Crippen LogP contribution < -0.4 is 4.90 Å². The van der Waals surface area contributed by atoms with Crippen molar-refractivity contribution >= 4 is 11.5 Å². The Kier molecular flexibility index (Phi) is 3.79. The number of hydrogen-bond acceptors (Lipinski definition) is 4. The molecule has 0 amide bonds.